The lowest BCUT2D eigenvalue weighted by Crippen LogP contribution is -2.11. The van der Waals surface area contributed by atoms with Gasteiger partial charge in [0.05, 0.1) is 5.69 Å². The number of fused-ring (bicyclic) bond motifs is 2. The van der Waals surface area contributed by atoms with Crippen LogP contribution in [-0.2, 0) is 5.75 Å². The summed E-state index contributed by atoms with van der Waals surface area (Å²) in [5, 5.41) is 7.24. The molecule has 0 aliphatic carbocycles. The van der Waals surface area contributed by atoms with Crippen LogP contribution in [0.4, 0.5) is 11.6 Å². The van der Waals surface area contributed by atoms with Crippen LogP contribution in [0.5, 0.6) is 0 Å². The number of aromatic amines is 1. The van der Waals surface area contributed by atoms with Gasteiger partial charge in [-0.15, -0.1) is 11.8 Å². The molecule has 0 radical (unpaired) electrons. The van der Waals surface area contributed by atoms with Crippen LogP contribution in [0.1, 0.15) is 5.56 Å². The quantitative estimate of drug-likeness (QED) is 0.219. The summed E-state index contributed by atoms with van der Waals surface area (Å²) in [5.74, 6) is 1.06. The smallest absolute Gasteiger partial charge is 0.252 e. The van der Waals surface area contributed by atoms with E-state index in [1.54, 1.807) is 24.0 Å². The Morgan fingerprint density at radius 1 is 0.838 bits per heavy atom. The number of H-pyrrole nitrogens is 1. The normalized spacial score (nSPS) is 11.2. The van der Waals surface area contributed by atoms with Crippen molar-refractivity contribution in [3.63, 3.8) is 0 Å². The van der Waals surface area contributed by atoms with Crippen LogP contribution in [0.3, 0.4) is 0 Å². The van der Waals surface area contributed by atoms with Gasteiger partial charge in [-0.05, 0) is 70.8 Å². The molecule has 0 aliphatic heterocycles. The van der Waals surface area contributed by atoms with Gasteiger partial charge in [0.15, 0.2) is 0 Å². The van der Waals surface area contributed by atoms with Gasteiger partial charge in [-0.2, -0.15) is 0 Å². The van der Waals surface area contributed by atoms with E-state index in [2.05, 4.69) is 45.6 Å². The summed E-state index contributed by atoms with van der Waals surface area (Å²) in [6.45, 7) is 0. The van der Waals surface area contributed by atoms with Crippen LogP contribution in [0.15, 0.2) is 113 Å². The van der Waals surface area contributed by atoms with E-state index in [-0.39, 0.29) is 5.56 Å². The van der Waals surface area contributed by atoms with E-state index in [0.717, 1.165) is 32.7 Å². The number of benzene rings is 4. The minimum atomic E-state index is -0.0875. The zero-order valence-electron chi connectivity index (χ0n) is 19.6. The molecule has 180 valence electrons. The van der Waals surface area contributed by atoms with Gasteiger partial charge in [0.1, 0.15) is 0 Å². The van der Waals surface area contributed by atoms with Gasteiger partial charge in [-0.3, -0.25) is 4.79 Å². The average molecular weight is 521 g/mol. The Morgan fingerprint density at radius 3 is 2.65 bits per heavy atom. The number of anilines is 2. The van der Waals surface area contributed by atoms with Gasteiger partial charge in [-0.25, -0.2) is 9.97 Å². The fourth-order valence-electron chi connectivity index (χ4n) is 4.21. The molecule has 0 saturated heterocycles. The van der Waals surface area contributed by atoms with Gasteiger partial charge in [0.25, 0.3) is 5.56 Å². The third-order valence-electron chi connectivity index (χ3n) is 6.07. The summed E-state index contributed by atoms with van der Waals surface area (Å²) < 4.78 is 0. The third-order valence-corrected chi connectivity index (χ3v) is 7.35. The van der Waals surface area contributed by atoms with Crippen LogP contribution in [0.2, 0.25) is 5.02 Å². The maximum atomic E-state index is 12.5. The highest BCUT2D eigenvalue weighted by Crippen LogP contribution is 2.28. The molecule has 2 N–H and O–H groups in total. The fourth-order valence-corrected chi connectivity index (χ4v) is 5.31. The van der Waals surface area contributed by atoms with Gasteiger partial charge in [0, 0.05) is 44.2 Å². The first-order valence-corrected chi connectivity index (χ1v) is 13.1. The Morgan fingerprint density at radius 2 is 1.73 bits per heavy atom. The van der Waals surface area contributed by atoms with Crippen molar-refractivity contribution in [2.45, 2.75) is 10.6 Å². The predicted octanol–water partition coefficient (Wildman–Crippen LogP) is 7.83. The zero-order valence-corrected chi connectivity index (χ0v) is 21.2. The first-order valence-electron chi connectivity index (χ1n) is 11.7. The minimum Gasteiger partial charge on any atom is -0.324 e. The third kappa shape index (κ3) is 5.21. The number of nitrogens with one attached hydrogen (secondary N) is 2. The Labute approximate surface area is 222 Å². The van der Waals surface area contributed by atoms with Gasteiger partial charge >= 0.3 is 0 Å². The summed E-state index contributed by atoms with van der Waals surface area (Å²) in [6, 6.07) is 31.9. The zero-order chi connectivity index (χ0) is 25.2. The van der Waals surface area contributed by atoms with Crippen LogP contribution < -0.4 is 10.9 Å². The maximum absolute atomic E-state index is 12.5. The summed E-state index contributed by atoms with van der Waals surface area (Å²) in [7, 11) is 0. The lowest BCUT2D eigenvalue weighted by Gasteiger charge is -2.09. The topological polar surface area (TPSA) is 70.7 Å². The lowest BCUT2D eigenvalue weighted by molar-refractivity contribution is 1.17. The van der Waals surface area contributed by atoms with E-state index >= 15 is 0 Å². The van der Waals surface area contributed by atoms with Crippen LogP contribution in [0.25, 0.3) is 32.9 Å². The Balaban J connectivity index is 1.19. The number of nitrogens with zero attached hydrogens (tertiary/aromatic N) is 2. The number of hydrogen-bond acceptors (Lipinski definition) is 5. The summed E-state index contributed by atoms with van der Waals surface area (Å²) in [6.07, 6.45) is 1.76. The molecule has 0 unspecified atom stereocenters. The average Bonchev–Trinajstić information content (AvgIpc) is 2.92. The van der Waals surface area contributed by atoms with Crippen molar-refractivity contribution >= 4 is 56.7 Å². The Hall–Kier alpha value is -4.13. The number of pyridine rings is 1. The first-order chi connectivity index (χ1) is 18.1. The van der Waals surface area contributed by atoms with E-state index in [0.29, 0.717) is 22.3 Å². The molecule has 2 aromatic heterocycles. The second-order valence-corrected chi connectivity index (χ2v) is 10.1. The molecule has 5 nitrogen and oxygen atoms in total. The molecule has 37 heavy (non-hydrogen) atoms. The number of rotatable bonds is 6. The van der Waals surface area contributed by atoms with Crippen molar-refractivity contribution in [3.05, 3.63) is 124 Å². The van der Waals surface area contributed by atoms with Crippen LogP contribution in [0, 0.1) is 0 Å². The predicted molar refractivity (Wildman–Crippen MR) is 154 cm³/mol. The Bertz CT molecular complexity index is 1820. The van der Waals surface area contributed by atoms with Crippen molar-refractivity contribution in [3.8, 4) is 11.3 Å². The minimum absolute atomic E-state index is 0.0875. The van der Waals surface area contributed by atoms with Gasteiger partial charge in [0.2, 0.25) is 5.95 Å². The van der Waals surface area contributed by atoms with Crippen LogP contribution >= 0.6 is 23.4 Å². The van der Waals surface area contributed by atoms with Crippen molar-refractivity contribution in [1.29, 1.82) is 0 Å². The van der Waals surface area contributed by atoms with E-state index in [1.165, 1.54) is 10.8 Å². The molecule has 0 bridgehead atoms. The molecule has 6 rings (SSSR count). The Kier molecular flexibility index (Phi) is 6.35. The van der Waals surface area contributed by atoms with Crippen molar-refractivity contribution in [1.82, 2.24) is 15.0 Å². The van der Waals surface area contributed by atoms with Gasteiger partial charge in [-0.1, -0.05) is 54.1 Å². The highest BCUT2D eigenvalue weighted by atomic mass is 35.5. The van der Waals surface area contributed by atoms with E-state index in [1.807, 2.05) is 60.7 Å². The largest absolute Gasteiger partial charge is 0.324 e. The standard InChI is InChI=1S/C30H21ClN4OS/c31-24-10-11-27-22(16-24)15-23(29(36)34-27)18-37-26-7-3-6-25(17-26)33-30-32-13-12-28(35-30)21-9-8-19-4-1-2-5-20(19)14-21/h1-17H,18H2,(H,34,36)(H,32,33,35). The highest BCUT2D eigenvalue weighted by molar-refractivity contribution is 7.98. The molecule has 0 fully saturated rings. The molecule has 4 aromatic carbocycles. The molecule has 0 saturated carbocycles. The molecule has 0 spiro atoms. The molecule has 7 heteroatoms. The monoisotopic (exact) mass is 520 g/mol. The van der Waals surface area contributed by atoms with Crippen molar-refractivity contribution in [2.24, 2.45) is 0 Å². The first kappa shape index (κ1) is 23.3. The second kappa shape index (κ2) is 10.1. The number of thioether (sulfide) groups is 1. The molecule has 0 amide bonds. The lowest BCUT2D eigenvalue weighted by atomic mass is 10.1. The van der Waals surface area contributed by atoms with E-state index in [9.17, 15) is 4.79 Å². The molecule has 6 aromatic rings. The number of halogens is 1. The molecule has 2 heterocycles. The molecule has 0 aliphatic rings. The van der Waals surface area contributed by atoms with Gasteiger partial charge < -0.3 is 10.3 Å². The maximum Gasteiger partial charge on any atom is 0.252 e. The van der Waals surface area contributed by atoms with E-state index < -0.39 is 0 Å². The number of hydrogen-bond donors (Lipinski definition) is 2. The molecule has 0 atom stereocenters. The fraction of sp³-hybridized carbons (Fsp3) is 0.0333. The van der Waals surface area contributed by atoms with Crippen molar-refractivity contribution < 1.29 is 0 Å². The second-order valence-electron chi connectivity index (χ2n) is 8.62. The molecular formula is C30H21ClN4OS. The summed E-state index contributed by atoms with van der Waals surface area (Å²) >= 11 is 7.71. The summed E-state index contributed by atoms with van der Waals surface area (Å²) in [4.78, 5) is 25.6. The molecular weight excluding hydrogens is 500 g/mol. The summed E-state index contributed by atoms with van der Waals surface area (Å²) in [5.41, 5.74) is 4.15. The van der Waals surface area contributed by atoms with E-state index in [4.69, 9.17) is 16.6 Å². The number of aromatic nitrogens is 3. The highest BCUT2D eigenvalue weighted by Gasteiger charge is 2.07. The SMILES string of the molecule is O=c1[nH]c2ccc(Cl)cc2cc1CSc1cccc(Nc2nccc(-c3ccc4ccccc4c3)n2)c1. The van der Waals surface area contributed by atoms with Crippen LogP contribution in [-0.4, -0.2) is 15.0 Å². The van der Waals surface area contributed by atoms with Crippen molar-refractivity contribution in [2.75, 3.05) is 5.32 Å².